The van der Waals surface area contributed by atoms with E-state index in [1.807, 2.05) is 26.0 Å². The van der Waals surface area contributed by atoms with Crippen LogP contribution in [0.25, 0.3) is 0 Å². The summed E-state index contributed by atoms with van der Waals surface area (Å²) in [4.78, 5) is 18.5. The Hall–Kier alpha value is -2.24. The maximum absolute atomic E-state index is 13.3. The van der Waals surface area contributed by atoms with Gasteiger partial charge in [-0.15, -0.1) is 0 Å². The average molecular weight is 532 g/mol. The summed E-state index contributed by atoms with van der Waals surface area (Å²) >= 11 is 7.28. The van der Waals surface area contributed by atoms with Crippen molar-refractivity contribution in [2.24, 2.45) is 4.99 Å². The maximum Gasteiger partial charge on any atom is 0.416 e. The Morgan fingerprint density at radius 2 is 1.94 bits per heavy atom. The molecule has 0 spiro atoms. The molecule has 1 saturated heterocycles. The molecule has 182 valence electrons. The number of halogens is 4. The zero-order valence-electron chi connectivity index (χ0n) is 18.2. The first kappa shape index (κ1) is 24.9. The van der Waals surface area contributed by atoms with E-state index in [1.54, 1.807) is 6.07 Å². The van der Waals surface area contributed by atoms with Crippen LogP contribution in [0.1, 0.15) is 16.7 Å². The van der Waals surface area contributed by atoms with Gasteiger partial charge >= 0.3 is 6.18 Å². The van der Waals surface area contributed by atoms with E-state index >= 15 is 0 Å². The molecule has 12 heteroatoms. The van der Waals surface area contributed by atoms with Gasteiger partial charge in [-0.05, 0) is 43.7 Å². The second-order valence-corrected chi connectivity index (χ2v) is 11.8. The van der Waals surface area contributed by atoms with E-state index in [0.717, 1.165) is 41.1 Å². The van der Waals surface area contributed by atoms with E-state index in [1.165, 1.54) is 4.90 Å². The van der Waals surface area contributed by atoms with Gasteiger partial charge in [-0.3, -0.25) is 9.79 Å². The van der Waals surface area contributed by atoms with Crippen LogP contribution in [-0.4, -0.2) is 48.8 Å². The molecule has 0 saturated carbocycles. The van der Waals surface area contributed by atoms with Gasteiger partial charge in [0.05, 0.1) is 45.6 Å². The predicted octanol–water partition coefficient (Wildman–Crippen LogP) is 4.69. The van der Waals surface area contributed by atoms with Crippen LogP contribution in [0.5, 0.6) is 0 Å². The van der Waals surface area contributed by atoms with Crippen molar-refractivity contribution >= 4 is 55.6 Å². The van der Waals surface area contributed by atoms with Crippen LogP contribution in [0.15, 0.2) is 41.4 Å². The Kier molecular flexibility index (Phi) is 6.65. The molecule has 6 nitrogen and oxygen atoms in total. The largest absolute Gasteiger partial charge is 0.416 e. The van der Waals surface area contributed by atoms with Crippen LogP contribution in [0.2, 0.25) is 5.02 Å². The van der Waals surface area contributed by atoms with Gasteiger partial charge in [0.1, 0.15) is 0 Å². The standard InChI is InChI=1S/C22H21ClF3N3O3S2/c1-12-3-6-16(13(2)7-12)27-20(30)9-33-21-28-17-10-34(31,32)11-19(17)29(21)18-8-14(22(24,25)26)4-5-15(18)23/h3-8,17,19H,9-11H2,1-2H3,(H,27,30)/t17-,19+/m0/s1. The van der Waals surface area contributed by atoms with Crippen molar-refractivity contribution in [3.8, 4) is 0 Å². The molecular formula is C22H21ClF3N3O3S2. The average Bonchev–Trinajstić information content (AvgIpc) is 3.19. The Labute approximate surface area is 204 Å². The monoisotopic (exact) mass is 531 g/mol. The number of fused-ring (bicyclic) bond motifs is 1. The molecule has 1 fully saturated rings. The zero-order chi connectivity index (χ0) is 24.8. The highest BCUT2D eigenvalue weighted by Gasteiger charge is 2.48. The van der Waals surface area contributed by atoms with E-state index in [-0.39, 0.29) is 39.0 Å². The second-order valence-electron chi connectivity index (χ2n) is 8.31. The number of sulfone groups is 1. The molecule has 2 aliphatic heterocycles. The van der Waals surface area contributed by atoms with Crippen molar-refractivity contribution in [1.82, 2.24) is 0 Å². The minimum absolute atomic E-state index is 0.0159. The summed E-state index contributed by atoms with van der Waals surface area (Å²) in [5.74, 6) is -0.846. The fraction of sp³-hybridized carbons (Fsp3) is 0.364. The minimum Gasteiger partial charge on any atom is -0.325 e. The summed E-state index contributed by atoms with van der Waals surface area (Å²) in [6.07, 6.45) is -4.60. The van der Waals surface area contributed by atoms with Gasteiger partial charge in [-0.2, -0.15) is 13.2 Å². The number of amidine groups is 1. The number of hydrogen-bond donors (Lipinski definition) is 1. The quantitative estimate of drug-likeness (QED) is 0.619. The van der Waals surface area contributed by atoms with Crippen LogP contribution >= 0.6 is 23.4 Å². The van der Waals surface area contributed by atoms with Gasteiger partial charge < -0.3 is 10.2 Å². The molecule has 4 rings (SSSR count). The molecule has 34 heavy (non-hydrogen) atoms. The van der Waals surface area contributed by atoms with E-state index in [2.05, 4.69) is 10.3 Å². The van der Waals surface area contributed by atoms with Crippen molar-refractivity contribution in [2.75, 3.05) is 27.5 Å². The summed E-state index contributed by atoms with van der Waals surface area (Å²) in [5, 5.41) is 3.11. The van der Waals surface area contributed by atoms with Crippen LogP contribution in [0.4, 0.5) is 24.5 Å². The van der Waals surface area contributed by atoms with Gasteiger partial charge in [0.15, 0.2) is 15.0 Å². The molecule has 2 atom stereocenters. The van der Waals surface area contributed by atoms with Crippen LogP contribution < -0.4 is 10.2 Å². The lowest BCUT2D eigenvalue weighted by Crippen LogP contribution is -2.39. The molecule has 2 aromatic rings. The minimum atomic E-state index is -4.60. The van der Waals surface area contributed by atoms with Crippen molar-refractivity contribution in [1.29, 1.82) is 0 Å². The third-order valence-corrected chi connectivity index (χ3v) is 8.61. The SMILES string of the molecule is Cc1ccc(NC(=O)CSC2=N[C@H]3CS(=O)(=O)C[C@H]3N2c2cc(C(F)(F)F)ccc2Cl)c(C)c1. The predicted molar refractivity (Wildman–Crippen MR) is 130 cm³/mol. The second kappa shape index (κ2) is 9.09. The first-order valence-electron chi connectivity index (χ1n) is 10.3. The summed E-state index contributed by atoms with van der Waals surface area (Å²) in [5.41, 5.74) is 1.72. The number of rotatable bonds is 4. The number of aryl methyl sites for hydroxylation is 2. The van der Waals surface area contributed by atoms with Gasteiger partial charge in [-0.25, -0.2) is 8.42 Å². The van der Waals surface area contributed by atoms with Crippen molar-refractivity contribution in [3.05, 3.63) is 58.1 Å². The van der Waals surface area contributed by atoms with Gasteiger partial charge in [0, 0.05) is 5.69 Å². The molecular weight excluding hydrogens is 511 g/mol. The number of carbonyl (C=O) groups is 1. The number of amides is 1. The van der Waals surface area contributed by atoms with Crippen LogP contribution in [-0.2, 0) is 20.8 Å². The molecule has 1 amide bonds. The molecule has 1 N–H and O–H groups in total. The Morgan fingerprint density at radius 3 is 2.62 bits per heavy atom. The Morgan fingerprint density at radius 1 is 1.21 bits per heavy atom. The van der Waals surface area contributed by atoms with E-state index in [9.17, 15) is 26.4 Å². The number of anilines is 2. The molecule has 0 unspecified atom stereocenters. The Balaban J connectivity index is 1.59. The third-order valence-electron chi connectivity index (χ3n) is 5.63. The lowest BCUT2D eigenvalue weighted by atomic mass is 10.1. The molecule has 0 aromatic heterocycles. The number of aliphatic imine (C=N–C) groups is 1. The maximum atomic E-state index is 13.3. The fourth-order valence-corrected chi connectivity index (χ4v) is 7.03. The third kappa shape index (κ3) is 5.21. The Bertz CT molecular complexity index is 1280. The van der Waals surface area contributed by atoms with Crippen molar-refractivity contribution in [3.63, 3.8) is 0 Å². The number of hydrogen-bond acceptors (Lipinski definition) is 6. The highest BCUT2D eigenvalue weighted by Crippen LogP contribution is 2.41. The normalized spacial score (nSPS) is 21.4. The van der Waals surface area contributed by atoms with Crippen molar-refractivity contribution in [2.45, 2.75) is 32.1 Å². The lowest BCUT2D eigenvalue weighted by Gasteiger charge is -2.28. The first-order valence-corrected chi connectivity index (χ1v) is 13.5. The molecule has 2 aromatic carbocycles. The number of carbonyl (C=O) groups excluding carboxylic acids is 1. The van der Waals surface area contributed by atoms with Crippen molar-refractivity contribution < 1.29 is 26.4 Å². The van der Waals surface area contributed by atoms with Gasteiger partial charge in [0.25, 0.3) is 0 Å². The lowest BCUT2D eigenvalue weighted by molar-refractivity contribution is -0.137. The van der Waals surface area contributed by atoms with E-state index < -0.39 is 33.7 Å². The topological polar surface area (TPSA) is 78.8 Å². The summed E-state index contributed by atoms with van der Waals surface area (Å²) in [6.45, 7) is 3.81. The number of alkyl halides is 3. The van der Waals surface area contributed by atoms with Gasteiger partial charge in [0.2, 0.25) is 5.91 Å². The van der Waals surface area contributed by atoms with Crippen LogP contribution in [0.3, 0.4) is 0 Å². The summed E-state index contributed by atoms with van der Waals surface area (Å²) < 4.78 is 64.4. The fourth-order valence-electron chi connectivity index (χ4n) is 4.06. The zero-order valence-corrected chi connectivity index (χ0v) is 20.6. The molecule has 2 aliphatic rings. The number of benzene rings is 2. The number of nitrogens with zero attached hydrogens (tertiary/aromatic N) is 2. The molecule has 0 aliphatic carbocycles. The highest BCUT2D eigenvalue weighted by atomic mass is 35.5. The molecule has 0 bridgehead atoms. The summed E-state index contributed by atoms with van der Waals surface area (Å²) in [7, 11) is -3.40. The van der Waals surface area contributed by atoms with E-state index in [4.69, 9.17) is 11.6 Å². The highest BCUT2D eigenvalue weighted by molar-refractivity contribution is 8.14. The van der Waals surface area contributed by atoms with Crippen LogP contribution in [0, 0.1) is 13.8 Å². The smallest absolute Gasteiger partial charge is 0.325 e. The van der Waals surface area contributed by atoms with Gasteiger partial charge in [-0.1, -0.05) is 41.1 Å². The number of thioether (sulfide) groups is 1. The van der Waals surface area contributed by atoms with E-state index in [0.29, 0.717) is 5.69 Å². The molecule has 0 radical (unpaired) electrons. The molecule has 2 heterocycles. The summed E-state index contributed by atoms with van der Waals surface area (Å²) in [6, 6.07) is 7.17. The number of nitrogens with one attached hydrogen (secondary N) is 1. The first-order chi connectivity index (χ1) is 15.8.